The van der Waals surface area contributed by atoms with Crippen LogP contribution in [0.2, 0.25) is 0 Å². The second-order valence-electron chi connectivity index (χ2n) is 4.84. The van der Waals surface area contributed by atoms with Gasteiger partial charge in [0.25, 0.3) is 0 Å². The third kappa shape index (κ3) is 6.80. The second kappa shape index (κ2) is 9.37. The van der Waals surface area contributed by atoms with Crippen molar-refractivity contribution in [3.63, 3.8) is 0 Å². The molecule has 0 heterocycles. The van der Waals surface area contributed by atoms with Gasteiger partial charge in [-0.15, -0.1) is 0 Å². The molecule has 0 fully saturated rings. The van der Waals surface area contributed by atoms with Crippen molar-refractivity contribution in [2.24, 2.45) is 0 Å². The molecule has 0 aromatic heterocycles. The van der Waals surface area contributed by atoms with Gasteiger partial charge in [-0.3, -0.25) is 4.79 Å². The molecule has 0 aliphatic heterocycles. The van der Waals surface area contributed by atoms with Crippen LogP contribution < -0.4 is 0 Å². The van der Waals surface area contributed by atoms with Gasteiger partial charge >= 0.3 is 5.97 Å². The maximum Gasteiger partial charge on any atom is 0.303 e. The van der Waals surface area contributed by atoms with E-state index < -0.39 is 5.97 Å². The maximum atomic E-state index is 10.4. The van der Waals surface area contributed by atoms with Crippen molar-refractivity contribution in [1.82, 2.24) is 0 Å². The summed E-state index contributed by atoms with van der Waals surface area (Å²) in [6.45, 7) is 2.22. The van der Waals surface area contributed by atoms with E-state index in [0.29, 0.717) is 6.42 Å². The standard InChI is InChI=1S/C17H24O2/c1-2-3-5-10-15-12-8-9-13-16(15)11-6-4-7-14-17(18)19/h6,8-9,11-13H,2-5,7,10,14H2,1H3,(H,18,19). The molecule has 0 spiro atoms. The zero-order valence-electron chi connectivity index (χ0n) is 11.8. The quantitative estimate of drug-likeness (QED) is 0.654. The molecule has 0 amide bonds. The largest absolute Gasteiger partial charge is 0.481 e. The van der Waals surface area contributed by atoms with Gasteiger partial charge in [0.2, 0.25) is 0 Å². The molecule has 2 nitrogen and oxygen atoms in total. The molecule has 1 N–H and O–H groups in total. The van der Waals surface area contributed by atoms with E-state index in [9.17, 15) is 4.79 Å². The fraction of sp³-hybridized carbons (Fsp3) is 0.471. The van der Waals surface area contributed by atoms with E-state index in [4.69, 9.17) is 5.11 Å². The molecule has 19 heavy (non-hydrogen) atoms. The van der Waals surface area contributed by atoms with Gasteiger partial charge in [0.1, 0.15) is 0 Å². The van der Waals surface area contributed by atoms with Crippen molar-refractivity contribution in [2.45, 2.75) is 51.9 Å². The minimum atomic E-state index is -0.714. The van der Waals surface area contributed by atoms with Gasteiger partial charge in [0.15, 0.2) is 0 Å². The molecule has 0 unspecified atom stereocenters. The lowest BCUT2D eigenvalue weighted by atomic mass is 10.0. The van der Waals surface area contributed by atoms with Crippen LogP contribution in [0.4, 0.5) is 0 Å². The number of carboxylic acid groups (broad SMARTS) is 1. The summed E-state index contributed by atoms with van der Waals surface area (Å²) < 4.78 is 0. The molecule has 0 saturated carbocycles. The Balaban J connectivity index is 2.47. The molecule has 0 saturated heterocycles. The maximum absolute atomic E-state index is 10.4. The number of unbranched alkanes of at least 4 members (excludes halogenated alkanes) is 3. The predicted molar refractivity (Wildman–Crippen MR) is 80.2 cm³/mol. The lowest BCUT2D eigenvalue weighted by Gasteiger charge is -2.05. The number of aryl methyl sites for hydroxylation is 1. The van der Waals surface area contributed by atoms with Crippen molar-refractivity contribution >= 4 is 12.0 Å². The van der Waals surface area contributed by atoms with Gasteiger partial charge in [-0.05, 0) is 36.8 Å². The zero-order chi connectivity index (χ0) is 13.9. The summed E-state index contributed by atoms with van der Waals surface area (Å²) in [6.07, 6.45) is 10.9. The number of hydrogen-bond acceptors (Lipinski definition) is 1. The fourth-order valence-electron chi connectivity index (χ4n) is 2.07. The Labute approximate surface area is 116 Å². The minimum absolute atomic E-state index is 0.252. The van der Waals surface area contributed by atoms with E-state index in [0.717, 1.165) is 12.8 Å². The number of aliphatic carboxylic acids is 1. The number of rotatable bonds is 9. The summed E-state index contributed by atoms with van der Waals surface area (Å²) in [5.74, 6) is -0.714. The number of hydrogen-bond donors (Lipinski definition) is 1. The highest BCUT2D eigenvalue weighted by Crippen LogP contribution is 2.15. The second-order valence-corrected chi connectivity index (χ2v) is 4.84. The van der Waals surface area contributed by atoms with Crippen molar-refractivity contribution in [1.29, 1.82) is 0 Å². The molecule has 1 aromatic rings. The number of carbonyl (C=O) groups is 1. The number of carboxylic acids is 1. The van der Waals surface area contributed by atoms with Crippen LogP contribution >= 0.6 is 0 Å². The Hall–Kier alpha value is -1.57. The fourth-order valence-corrected chi connectivity index (χ4v) is 2.07. The summed E-state index contributed by atoms with van der Waals surface area (Å²) in [4.78, 5) is 10.4. The van der Waals surface area contributed by atoms with Crippen molar-refractivity contribution < 1.29 is 9.90 Å². The van der Waals surface area contributed by atoms with Gasteiger partial charge in [-0.2, -0.15) is 0 Å². The van der Waals surface area contributed by atoms with E-state index in [1.165, 1.54) is 30.4 Å². The third-order valence-electron chi connectivity index (χ3n) is 3.16. The summed E-state index contributed by atoms with van der Waals surface area (Å²) in [6, 6.07) is 8.46. The van der Waals surface area contributed by atoms with Crippen LogP contribution in [0.5, 0.6) is 0 Å². The highest BCUT2D eigenvalue weighted by atomic mass is 16.4. The Morgan fingerprint density at radius 3 is 2.74 bits per heavy atom. The lowest BCUT2D eigenvalue weighted by Crippen LogP contribution is -1.92. The zero-order valence-corrected chi connectivity index (χ0v) is 11.8. The van der Waals surface area contributed by atoms with Crippen LogP contribution in [0, 0.1) is 0 Å². The number of allylic oxidation sites excluding steroid dienone is 1. The molecule has 0 bridgehead atoms. The molecule has 0 aliphatic carbocycles. The average molecular weight is 260 g/mol. The molecule has 1 rings (SSSR count). The molecule has 0 atom stereocenters. The SMILES string of the molecule is CCCCCc1ccccc1C=CCCCC(=O)O. The first-order valence-electron chi connectivity index (χ1n) is 7.20. The normalized spacial score (nSPS) is 11.0. The highest BCUT2D eigenvalue weighted by molar-refractivity contribution is 5.66. The Bertz CT molecular complexity index is 407. The third-order valence-corrected chi connectivity index (χ3v) is 3.16. The molecular formula is C17H24O2. The van der Waals surface area contributed by atoms with E-state index in [2.05, 4.69) is 43.3 Å². The van der Waals surface area contributed by atoms with Crippen molar-refractivity contribution in [2.75, 3.05) is 0 Å². The summed E-state index contributed by atoms with van der Waals surface area (Å²) in [7, 11) is 0. The molecule has 2 heteroatoms. The smallest absolute Gasteiger partial charge is 0.303 e. The summed E-state index contributed by atoms with van der Waals surface area (Å²) in [5.41, 5.74) is 2.67. The van der Waals surface area contributed by atoms with Gasteiger partial charge < -0.3 is 5.11 Å². The lowest BCUT2D eigenvalue weighted by molar-refractivity contribution is -0.137. The Morgan fingerprint density at radius 1 is 1.21 bits per heavy atom. The molecule has 104 valence electrons. The molecule has 0 aliphatic rings. The molecular weight excluding hydrogens is 236 g/mol. The van der Waals surface area contributed by atoms with Crippen LogP contribution in [-0.2, 0) is 11.2 Å². The number of benzene rings is 1. The average Bonchev–Trinajstić information content (AvgIpc) is 2.40. The predicted octanol–water partition coefficient (Wildman–Crippen LogP) is 4.69. The first-order chi connectivity index (χ1) is 9.24. The first-order valence-corrected chi connectivity index (χ1v) is 7.20. The van der Waals surface area contributed by atoms with E-state index in [-0.39, 0.29) is 6.42 Å². The topological polar surface area (TPSA) is 37.3 Å². The van der Waals surface area contributed by atoms with Crippen molar-refractivity contribution in [3.8, 4) is 0 Å². The van der Waals surface area contributed by atoms with Gasteiger partial charge in [-0.1, -0.05) is 56.2 Å². The molecule has 1 aromatic carbocycles. The highest BCUT2D eigenvalue weighted by Gasteiger charge is 1.98. The van der Waals surface area contributed by atoms with Crippen LogP contribution in [0.25, 0.3) is 6.08 Å². The van der Waals surface area contributed by atoms with Crippen LogP contribution in [0.3, 0.4) is 0 Å². The first kappa shape index (κ1) is 15.5. The van der Waals surface area contributed by atoms with E-state index in [1.807, 2.05) is 0 Å². The Kier molecular flexibility index (Phi) is 7.64. The van der Waals surface area contributed by atoms with E-state index in [1.54, 1.807) is 0 Å². The van der Waals surface area contributed by atoms with Gasteiger partial charge in [0, 0.05) is 6.42 Å². The summed E-state index contributed by atoms with van der Waals surface area (Å²) in [5, 5.41) is 8.57. The van der Waals surface area contributed by atoms with Crippen LogP contribution in [0.1, 0.15) is 56.6 Å². The van der Waals surface area contributed by atoms with Crippen molar-refractivity contribution in [3.05, 3.63) is 41.5 Å². The Morgan fingerprint density at radius 2 is 2.00 bits per heavy atom. The van der Waals surface area contributed by atoms with Crippen LogP contribution in [0.15, 0.2) is 30.3 Å². The van der Waals surface area contributed by atoms with E-state index >= 15 is 0 Å². The molecule has 0 radical (unpaired) electrons. The minimum Gasteiger partial charge on any atom is -0.481 e. The van der Waals surface area contributed by atoms with Crippen LogP contribution in [-0.4, -0.2) is 11.1 Å². The monoisotopic (exact) mass is 260 g/mol. The van der Waals surface area contributed by atoms with Gasteiger partial charge in [0.05, 0.1) is 0 Å². The summed E-state index contributed by atoms with van der Waals surface area (Å²) >= 11 is 0. The van der Waals surface area contributed by atoms with Gasteiger partial charge in [-0.25, -0.2) is 0 Å².